The van der Waals surface area contributed by atoms with Crippen LogP contribution in [0.1, 0.15) is 13.3 Å². The zero-order chi connectivity index (χ0) is 8.15. The van der Waals surface area contributed by atoms with Crippen LogP contribution in [-0.4, -0.2) is 12.3 Å². The summed E-state index contributed by atoms with van der Waals surface area (Å²) < 4.78 is 23.4. The van der Waals surface area contributed by atoms with E-state index in [0.29, 0.717) is 0 Å². The van der Waals surface area contributed by atoms with Crippen LogP contribution in [0.3, 0.4) is 0 Å². The lowest BCUT2D eigenvalue weighted by Gasteiger charge is -2.07. The van der Waals surface area contributed by atoms with Gasteiger partial charge in [0.1, 0.15) is 0 Å². The zero-order valence-electron chi connectivity index (χ0n) is 5.73. The number of rotatable bonds is 3. The van der Waals surface area contributed by atoms with E-state index >= 15 is 0 Å². The first-order valence-electron chi connectivity index (χ1n) is 2.92. The summed E-state index contributed by atoms with van der Waals surface area (Å²) in [6.07, 6.45) is -2.60. The third-order valence-electron chi connectivity index (χ3n) is 1.13. The lowest BCUT2D eigenvalue weighted by Crippen LogP contribution is -2.21. The number of nitrogens with one attached hydrogen (secondary N) is 1. The monoisotopic (exact) mass is 150 g/mol. The minimum Gasteiger partial charge on any atom is -0.354 e. The number of alkyl halides is 2. The van der Waals surface area contributed by atoms with Gasteiger partial charge in [0.2, 0.25) is 12.3 Å². The van der Waals surface area contributed by atoms with Crippen LogP contribution in [-0.2, 0) is 4.79 Å². The third kappa shape index (κ3) is 3.37. The van der Waals surface area contributed by atoms with Crippen LogP contribution in [0, 0.1) is 13.0 Å². The van der Waals surface area contributed by atoms with Gasteiger partial charge in [0.25, 0.3) is 0 Å². The second-order valence-corrected chi connectivity index (χ2v) is 2.12. The van der Waals surface area contributed by atoms with Crippen molar-refractivity contribution >= 4 is 5.91 Å². The molecule has 0 fully saturated rings. The Kier molecular flexibility index (Phi) is 3.91. The Morgan fingerprint density at radius 1 is 1.70 bits per heavy atom. The highest BCUT2D eigenvalue weighted by Crippen LogP contribution is 2.11. The van der Waals surface area contributed by atoms with Crippen LogP contribution in [0.25, 0.3) is 0 Å². The third-order valence-corrected chi connectivity index (χ3v) is 1.13. The maximum Gasteiger partial charge on any atom is 0.241 e. The summed E-state index contributed by atoms with van der Waals surface area (Å²) >= 11 is 0. The molecule has 10 heavy (non-hydrogen) atoms. The van der Waals surface area contributed by atoms with E-state index in [1.54, 1.807) is 0 Å². The van der Waals surface area contributed by atoms with Gasteiger partial charge in [-0.2, -0.15) is 0 Å². The minimum atomic E-state index is -2.43. The summed E-state index contributed by atoms with van der Waals surface area (Å²) in [5.74, 6) is -1.34. The van der Waals surface area contributed by atoms with Crippen molar-refractivity contribution < 1.29 is 13.6 Å². The first-order chi connectivity index (χ1) is 4.57. The maximum absolute atomic E-state index is 11.7. The van der Waals surface area contributed by atoms with Crippen LogP contribution in [0.2, 0.25) is 0 Å². The number of carbonyl (C=O) groups is 1. The predicted octanol–water partition coefficient (Wildman–Crippen LogP) is 1.19. The average Bonchev–Trinajstić information content (AvgIpc) is 1.87. The van der Waals surface area contributed by atoms with E-state index in [9.17, 15) is 13.6 Å². The Hall–Kier alpha value is -0.670. The first kappa shape index (κ1) is 9.33. The Bertz CT molecular complexity index is 116. The van der Waals surface area contributed by atoms with Gasteiger partial charge in [-0.1, -0.05) is 6.92 Å². The largest absolute Gasteiger partial charge is 0.354 e. The molecule has 0 unspecified atom stereocenters. The molecule has 0 heterocycles. The van der Waals surface area contributed by atoms with Crippen molar-refractivity contribution in [2.24, 2.45) is 5.92 Å². The summed E-state index contributed by atoms with van der Waals surface area (Å²) in [6, 6.07) is 0. The van der Waals surface area contributed by atoms with Gasteiger partial charge in [0.15, 0.2) is 0 Å². The Balaban J connectivity index is 3.57. The van der Waals surface area contributed by atoms with Crippen LogP contribution in [0.15, 0.2) is 0 Å². The second-order valence-electron chi connectivity index (χ2n) is 2.12. The molecule has 1 radical (unpaired) electrons. The molecule has 0 aliphatic heterocycles. The highest BCUT2D eigenvalue weighted by Gasteiger charge is 2.17. The van der Waals surface area contributed by atoms with Crippen molar-refractivity contribution in [3.63, 3.8) is 0 Å². The fraction of sp³-hybridized carbons (Fsp3) is 0.667. The van der Waals surface area contributed by atoms with Crippen LogP contribution in [0.4, 0.5) is 8.78 Å². The second kappa shape index (κ2) is 4.19. The molecule has 1 N–H and O–H groups in total. The van der Waals surface area contributed by atoms with Gasteiger partial charge in [0.05, 0.1) is 0 Å². The normalized spacial score (nSPS) is 13.3. The molecular formula is C6H10F2NO. The number of hydrogen-bond donors (Lipinski definition) is 1. The molecule has 0 bridgehead atoms. The predicted molar refractivity (Wildman–Crippen MR) is 33.3 cm³/mol. The molecule has 0 rings (SSSR count). The summed E-state index contributed by atoms with van der Waals surface area (Å²) in [7, 11) is 3.05. The summed E-state index contributed by atoms with van der Waals surface area (Å²) in [5.41, 5.74) is 0. The van der Waals surface area contributed by atoms with E-state index in [1.807, 2.05) is 5.32 Å². The molecule has 1 atom stereocenters. The molecule has 0 spiro atoms. The number of halogens is 2. The van der Waals surface area contributed by atoms with E-state index in [0.717, 1.165) is 0 Å². The Labute approximate surface area is 58.6 Å². The minimum absolute atomic E-state index is 0.166. The molecule has 1 amide bonds. The van der Waals surface area contributed by atoms with E-state index < -0.39 is 18.3 Å². The summed E-state index contributed by atoms with van der Waals surface area (Å²) in [5, 5.41) is 2.03. The van der Waals surface area contributed by atoms with E-state index in [4.69, 9.17) is 0 Å². The molecule has 0 saturated heterocycles. The van der Waals surface area contributed by atoms with Crippen LogP contribution in [0.5, 0.6) is 0 Å². The molecule has 0 saturated carbocycles. The summed E-state index contributed by atoms with van der Waals surface area (Å²) in [4.78, 5) is 10.4. The van der Waals surface area contributed by atoms with Crippen molar-refractivity contribution in [1.82, 2.24) is 5.32 Å². The smallest absolute Gasteiger partial charge is 0.241 e. The fourth-order valence-electron chi connectivity index (χ4n) is 0.454. The van der Waals surface area contributed by atoms with Crippen molar-refractivity contribution in [1.29, 1.82) is 0 Å². The van der Waals surface area contributed by atoms with Crippen molar-refractivity contribution in [2.45, 2.75) is 19.8 Å². The molecule has 0 aliphatic rings. The van der Waals surface area contributed by atoms with Crippen LogP contribution >= 0.6 is 0 Å². The van der Waals surface area contributed by atoms with Crippen molar-refractivity contribution in [2.75, 3.05) is 0 Å². The number of amides is 1. The van der Waals surface area contributed by atoms with Crippen molar-refractivity contribution in [3.8, 4) is 0 Å². The molecule has 0 aromatic carbocycles. The molecular weight excluding hydrogens is 140 g/mol. The molecule has 2 nitrogen and oxygen atoms in total. The highest BCUT2D eigenvalue weighted by molar-refractivity contribution is 5.76. The lowest BCUT2D eigenvalue weighted by molar-refractivity contribution is -0.122. The Morgan fingerprint density at radius 3 is 2.50 bits per heavy atom. The SMILES string of the molecule is [CH2]NC(=O)C[C@@H](C)C(F)F. The average molecular weight is 150 g/mol. The molecule has 59 valence electrons. The van der Waals surface area contributed by atoms with Gasteiger partial charge in [-0.25, -0.2) is 8.78 Å². The molecule has 4 heteroatoms. The van der Waals surface area contributed by atoms with Crippen LogP contribution < -0.4 is 5.32 Å². The van der Waals surface area contributed by atoms with Gasteiger partial charge < -0.3 is 5.32 Å². The standard InChI is InChI=1S/C6H10F2NO/c1-4(6(7)8)3-5(10)9-2/h4,6H,2-3H2,1H3,(H,9,10)/t4-/m1/s1. The van der Waals surface area contributed by atoms with Crippen molar-refractivity contribution in [3.05, 3.63) is 7.05 Å². The van der Waals surface area contributed by atoms with E-state index in [2.05, 4.69) is 7.05 Å². The van der Waals surface area contributed by atoms with Gasteiger partial charge in [-0.05, 0) is 0 Å². The number of hydrogen-bond acceptors (Lipinski definition) is 1. The first-order valence-corrected chi connectivity index (χ1v) is 2.92. The zero-order valence-corrected chi connectivity index (χ0v) is 5.73. The van der Waals surface area contributed by atoms with Gasteiger partial charge in [-0.15, -0.1) is 0 Å². The molecule has 0 aliphatic carbocycles. The number of carbonyl (C=O) groups excluding carboxylic acids is 1. The lowest BCUT2D eigenvalue weighted by atomic mass is 10.1. The fourth-order valence-corrected chi connectivity index (χ4v) is 0.454. The van der Waals surface area contributed by atoms with E-state index in [1.165, 1.54) is 6.92 Å². The Morgan fingerprint density at radius 2 is 2.20 bits per heavy atom. The topological polar surface area (TPSA) is 29.1 Å². The van der Waals surface area contributed by atoms with E-state index in [-0.39, 0.29) is 6.42 Å². The summed E-state index contributed by atoms with van der Waals surface area (Å²) in [6.45, 7) is 1.32. The molecule has 0 aromatic heterocycles. The molecule has 0 aromatic rings. The highest BCUT2D eigenvalue weighted by atomic mass is 19.3. The quantitative estimate of drug-likeness (QED) is 0.643. The van der Waals surface area contributed by atoms with Gasteiger partial charge in [-0.3, -0.25) is 4.79 Å². The van der Waals surface area contributed by atoms with Gasteiger partial charge in [0, 0.05) is 19.4 Å². The maximum atomic E-state index is 11.7. The van der Waals surface area contributed by atoms with Gasteiger partial charge >= 0.3 is 0 Å².